The zero-order chi connectivity index (χ0) is 15.9. The van der Waals surface area contributed by atoms with Crippen molar-refractivity contribution in [2.24, 2.45) is 0 Å². The molecule has 0 saturated heterocycles. The summed E-state index contributed by atoms with van der Waals surface area (Å²) >= 11 is 3.37. The third kappa shape index (κ3) is 4.17. The fraction of sp³-hybridized carbons (Fsp3) is 0.0625. The molecule has 0 amide bonds. The second-order valence-electron chi connectivity index (χ2n) is 4.35. The number of rotatable bonds is 5. The van der Waals surface area contributed by atoms with Gasteiger partial charge in [-0.1, -0.05) is 24.3 Å². The van der Waals surface area contributed by atoms with Gasteiger partial charge < -0.3 is 4.74 Å². The average molecular weight is 359 g/mol. The molecule has 0 aliphatic rings. The highest BCUT2D eigenvalue weighted by molar-refractivity contribution is 9.10. The lowest BCUT2D eigenvalue weighted by Gasteiger charge is -2.09. The van der Waals surface area contributed by atoms with Gasteiger partial charge in [-0.15, -0.1) is 0 Å². The molecule has 0 aliphatic heterocycles. The minimum atomic E-state index is -0.517. The molecule has 0 atom stereocenters. The number of halogens is 1. The van der Waals surface area contributed by atoms with Crippen LogP contribution in [0.4, 0.5) is 0 Å². The first-order valence-corrected chi connectivity index (χ1v) is 7.11. The van der Waals surface area contributed by atoms with Crippen molar-refractivity contribution in [2.75, 3.05) is 0 Å². The van der Waals surface area contributed by atoms with Crippen molar-refractivity contribution in [1.82, 2.24) is 0 Å². The summed E-state index contributed by atoms with van der Waals surface area (Å²) < 4.78 is 6.38. The predicted octanol–water partition coefficient (Wildman–Crippen LogP) is 4.15. The molecule has 0 spiro atoms. The van der Waals surface area contributed by atoms with E-state index in [-0.39, 0.29) is 6.61 Å². The number of nitro groups is 1. The van der Waals surface area contributed by atoms with E-state index in [2.05, 4.69) is 22.0 Å². The maximum absolute atomic E-state index is 10.3. The average Bonchev–Trinajstić information content (AvgIpc) is 2.52. The van der Waals surface area contributed by atoms with Crippen LogP contribution < -0.4 is 4.74 Å². The Balaban J connectivity index is 2.11. The number of ether oxygens (including phenoxy) is 1. The fourth-order valence-corrected chi connectivity index (χ4v) is 2.31. The standard InChI is InChI=1S/C16H11BrN2O3/c17-15-9-12(7-8-19(20)21)5-6-16(15)22-11-14-4-2-1-3-13(14)10-18/h1-9H,11H2/b8-7+. The molecule has 0 aromatic heterocycles. The smallest absolute Gasteiger partial charge is 0.235 e. The molecule has 110 valence electrons. The van der Waals surface area contributed by atoms with Crippen molar-refractivity contribution in [3.05, 3.63) is 79.9 Å². The van der Waals surface area contributed by atoms with Crippen LogP contribution >= 0.6 is 15.9 Å². The Morgan fingerprint density at radius 1 is 1.32 bits per heavy atom. The lowest BCUT2D eigenvalue weighted by molar-refractivity contribution is -0.400. The normalized spacial score (nSPS) is 10.4. The maximum atomic E-state index is 10.3. The molecule has 0 N–H and O–H groups in total. The van der Waals surface area contributed by atoms with Gasteiger partial charge in [0.25, 0.3) is 0 Å². The van der Waals surface area contributed by atoms with Gasteiger partial charge in [-0.05, 0) is 39.7 Å². The van der Waals surface area contributed by atoms with E-state index >= 15 is 0 Å². The van der Waals surface area contributed by atoms with Crippen LogP contribution in [0.5, 0.6) is 5.75 Å². The largest absolute Gasteiger partial charge is 0.488 e. The van der Waals surface area contributed by atoms with Crippen molar-refractivity contribution in [3.63, 3.8) is 0 Å². The Morgan fingerprint density at radius 3 is 2.77 bits per heavy atom. The minimum absolute atomic E-state index is 0.270. The zero-order valence-electron chi connectivity index (χ0n) is 11.4. The number of nitriles is 1. The van der Waals surface area contributed by atoms with E-state index in [1.807, 2.05) is 12.1 Å². The highest BCUT2D eigenvalue weighted by Crippen LogP contribution is 2.27. The molecular weight excluding hydrogens is 348 g/mol. The number of benzene rings is 2. The Morgan fingerprint density at radius 2 is 2.09 bits per heavy atom. The summed E-state index contributed by atoms with van der Waals surface area (Å²) in [5, 5.41) is 19.3. The summed E-state index contributed by atoms with van der Waals surface area (Å²) in [5.74, 6) is 0.603. The van der Waals surface area contributed by atoms with Crippen molar-refractivity contribution >= 4 is 22.0 Å². The van der Waals surface area contributed by atoms with Crippen molar-refractivity contribution in [3.8, 4) is 11.8 Å². The van der Waals surface area contributed by atoms with Crippen LogP contribution in [-0.2, 0) is 6.61 Å². The van der Waals surface area contributed by atoms with Crippen LogP contribution in [-0.4, -0.2) is 4.92 Å². The van der Waals surface area contributed by atoms with Crippen LogP contribution in [0.2, 0.25) is 0 Å². The topological polar surface area (TPSA) is 76.2 Å². The summed E-state index contributed by atoms with van der Waals surface area (Å²) in [6.07, 6.45) is 2.28. The molecule has 5 nitrogen and oxygen atoms in total. The van der Waals surface area contributed by atoms with Gasteiger partial charge in [0.15, 0.2) is 0 Å². The fourth-order valence-electron chi connectivity index (χ4n) is 1.80. The summed E-state index contributed by atoms with van der Waals surface area (Å²) in [6.45, 7) is 0.270. The Labute approximate surface area is 135 Å². The second-order valence-corrected chi connectivity index (χ2v) is 5.20. The van der Waals surface area contributed by atoms with Gasteiger partial charge in [-0.2, -0.15) is 5.26 Å². The maximum Gasteiger partial charge on any atom is 0.235 e. The van der Waals surface area contributed by atoms with Crippen LogP contribution in [0.15, 0.2) is 53.1 Å². The van der Waals surface area contributed by atoms with E-state index in [0.717, 1.165) is 11.8 Å². The van der Waals surface area contributed by atoms with Gasteiger partial charge in [0, 0.05) is 11.6 Å². The molecule has 2 aromatic carbocycles. The molecule has 0 saturated carbocycles. The van der Waals surface area contributed by atoms with Gasteiger partial charge in [-0.25, -0.2) is 0 Å². The van der Waals surface area contributed by atoms with E-state index in [1.165, 1.54) is 6.08 Å². The van der Waals surface area contributed by atoms with E-state index in [1.54, 1.807) is 30.3 Å². The number of nitrogens with zero attached hydrogens (tertiary/aromatic N) is 2. The van der Waals surface area contributed by atoms with Crippen LogP contribution in [0, 0.1) is 21.4 Å². The summed E-state index contributed by atoms with van der Waals surface area (Å²) in [7, 11) is 0. The van der Waals surface area contributed by atoms with E-state index < -0.39 is 4.92 Å². The molecule has 2 rings (SSSR count). The van der Waals surface area contributed by atoms with Gasteiger partial charge in [0.2, 0.25) is 6.20 Å². The number of hydrogen-bond acceptors (Lipinski definition) is 4. The van der Waals surface area contributed by atoms with Crippen molar-refractivity contribution in [2.45, 2.75) is 6.61 Å². The predicted molar refractivity (Wildman–Crippen MR) is 85.7 cm³/mol. The highest BCUT2D eigenvalue weighted by Gasteiger charge is 2.05. The van der Waals surface area contributed by atoms with Gasteiger partial charge in [-0.3, -0.25) is 10.1 Å². The molecule has 0 heterocycles. The highest BCUT2D eigenvalue weighted by atomic mass is 79.9. The van der Waals surface area contributed by atoms with E-state index in [9.17, 15) is 10.1 Å². The summed E-state index contributed by atoms with van der Waals surface area (Å²) in [4.78, 5) is 9.78. The Bertz CT molecular complexity index is 766. The van der Waals surface area contributed by atoms with Gasteiger partial charge in [0.1, 0.15) is 12.4 Å². The molecule has 22 heavy (non-hydrogen) atoms. The zero-order valence-corrected chi connectivity index (χ0v) is 13.0. The lowest BCUT2D eigenvalue weighted by atomic mass is 10.1. The second kappa shape index (κ2) is 7.38. The van der Waals surface area contributed by atoms with Crippen LogP contribution in [0.3, 0.4) is 0 Å². The SMILES string of the molecule is N#Cc1ccccc1COc1ccc(/C=C/[N+](=O)[O-])cc1Br. The molecule has 0 bridgehead atoms. The quantitative estimate of drug-likeness (QED) is 0.594. The first kappa shape index (κ1) is 15.7. The molecule has 0 unspecified atom stereocenters. The third-order valence-corrected chi connectivity index (χ3v) is 3.49. The summed E-state index contributed by atoms with van der Waals surface area (Å²) in [6, 6.07) is 14.5. The van der Waals surface area contributed by atoms with Crippen LogP contribution in [0.1, 0.15) is 16.7 Å². The first-order chi connectivity index (χ1) is 10.6. The molecular formula is C16H11BrN2O3. The molecule has 2 aromatic rings. The van der Waals surface area contributed by atoms with Gasteiger partial charge >= 0.3 is 0 Å². The van der Waals surface area contributed by atoms with Gasteiger partial charge in [0.05, 0.1) is 21.0 Å². The van der Waals surface area contributed by atoms with E-state index in [0.29, 0.717) is 21.3 Å². The van der Waals surface area contributed by atoms with Crippen molar-refractivity contribution < 1.29 is 9.66 Å². The molecule has 0 fully saturated rings. The van der Waals surface area contributed by atoms with Crippen LogP contribution in [0.25, 0.3) is 6.08 Å². The molecule has 0 radical (unpaired) electrons. The molecule has 6 heteroatoms. The van der Waals surface area contributed by atoms with Crippen molar-refractivity contribution in [1.29, 1.82) is 5.26 Å². The Kier molecular flexibility index (Phi) is 5.28. The molecule has 0 aliphatic carbocycles. The van der Waals surface area contributed by atoms with E-state index in [4.69, 9.17) is 10.00 Å². The minimum Gasteiger partial charge on any atom is -0.488 e. The summed E-state index contributed by atoms with van der Waals surface area (Å²) in [5.41, 5.74) is 2.06. The third-order valence-electron chi connectivity index (χ3n) is 2.87. The lowest BCUT2D eigenvalue weighted by Crippen LogP contribution is -1.98. The first-order valence-electron chi connectivity index (χ1n) is 6.32. The number of hydrogen-bond donors (Lipinski definition) is 0. The monoisotopic (exact) mass is 358 g/mol. The Hall–Kier alpha value is -2.65.